The lowest BCUT2D eigenvalue weighted by Gasteiger charge is -2.11. The Morgan fingerprint density at radius 3 is 2.59 bits per heavy atom. The molecule has 0 spiro atoms. The predicted molar refractivity (Wildman–Crippen MR) is 129 cm³/mol. The summed E-state index contributed by atoms with van der Waals surface area (Å²) in [5, 5.41) is 6.60. The number of methoxy groups -OCH3 is 1. The molecule has 5 nitrogen and oxygen atoms in total. The maximum atomic E-state index is 11.6. The summed E-state index contributed by atoms with van der Waals surface area (Å²) in [5.41, 5.74) is 3.04. The van der Waals surface area contributed by atoms with Crippen LogP contribution in [0.5, 0.6) is 11.5 Å². The highest BCUT2D eigenvalue weighted by Crippen LogP contribution is 2.34. The van der Waals surface area contributed by atoms with Gasteiger partial charge in [-0.1, -0.05) is 36.4 Å². The monoisotopic (exact) mass is 466 g/mol. The molecule has 0 unspecified atom stereocenters. The predicted octanol–water partition coefficient (Wildman–Crippen LogP) is 6.05. The quantitative estimate of drug-likeness (QED) is 0.137. The average Bonchev–Trinajstić information content (AvgIpc) is 3.19. The van der Waals surface area contributed by atoms with Gasteiger partial charge in [0.1, 0.15) is 11.5 Å². The molecule has 0 aliphatic rings. The lowest BCUT2D eigenvalue weighted by Crippen LogP contribution is -2.06. The molecular formula is C25H23ClN2O3S. The zero-order chi connectivity index (χ0) is 22.5. The van der Waals surface area contributed by atoms with E-state index in [-0.39, 0.29) is 5.97 Å². The van der Waals surface area contributed by atoms with Gasteiger partial charge in [-0.25, -0.2) is 0 Å². The van der Waals surface area contributed by atoms with Gasteiger partial charge in [0.2, 0.25) is 0 Å². The van der Waals surface area contributed by atoms with E-state index in [0.717, 1.165) is 38.4 Å². The number of halogens is 1. The molecule has 0 amide bonds. The highest BCUT2D eigenvalue weighted by molar-refractivity contribution is 7.98. The summed E-state index contributed by atoms with van der Waals surface area (Å²) < 4.78 is 12.7. The lowest BCUT2D eigenvalue weighted by atomic mass is 10.1. The summed E-state index contributed by atoms with van der Waals surface area (Å²) in [6.07, 6.45) is 0. The minimum atomic E-state index is -0.332. The third-order valence-electron chi connectivity index (χ3n) is 4.98. The van der Waals surface area contributed by atoms with E-state index in [9.17, 15) is 4.79 Å². The van der Waals surface area contributed by atoms with Crippen LogP contribution in [0.15, 0.2) is 71.6 Å². The normalized spacial score (nSPS) is 11.0. The zero-order valence-corrected chi connectivity index (χ0v) is 19.4. The van der Waals surface area contributed by atoms with Crippen LogP contribution in [-0.4, -0.2) is 22.9 Å². The van der Waals surface area contributed by atoms with Gasteiger partial charge in [0.25, 0.3) is 0 Å². The van der Waals surface area contributed by atoms with Gasteiger partial charge < -0.3 is 9.47 Å². The second-order valence-electron chi connectivity index (χ2n) is 7.29. The number of nitrogens with zero attached hydrogens (tertiary/aromatic N) is 2. The molecule has 0 fully saturated rings. The molecular weight excluding hydrogens is 444 g/mol. The number of carbonyl (C=O) groups is 1. The molecule has 0 bridgehead atoms. The molecule has 4 aromatic rings. The second kappa shape index (κ2) is 10.1. The Balaban J connectivity index is 1.57. The number of esters is 1. The van der Waals surface area contributed by atoms with Gasteiger partial charge in [-0.2, -0.15) is 5.10 Å². The number of fused-ring (bicyclic) bond motifs is 1. The summed E-state index contributed by atoms with van der Waals surface area (Å²) in [6, 6.07) is 21.9. The smallest absolute Gasteiger partial charge is 0.308 e. The van der Waals surface area contributed by atoms with Crippen molar-refractivity contribution < 1.29 is 14.3 Å². The van der Waals surface area contributed by atoms with Crippen LogP contribution in [0.2, 0.25) is 0 Å². The Kier molecular flexibility index (Phi) is 7.02. The molecule has 0 atom stereocenters. The van der Waals surface area contributed by atoms with Crippen molar-refractivity contribution in [3.8, 4) is 11.5 Å². The molecule has 1 aromatic heterocycles. The van der Waals surface area contributed by atoms with Crippen molar-refractivity contribution in [2.75, 3.05) is 7.11 Å². The number of ether oxygens (including phenoxy) is 2. The van der Waals surface area contributed by atoms with Crippen LogP contribution in [0.4, 0.5) is 0 Å². The highest BCUT2D eigenvalue weighted by atomic mass is 35.5. The Hall–Kier alpha value is -2.96. The van der Waals surface area contributed by atoms with E-state index < -0.39 is 0 Å². The number of hydrogen-bond donors (Lipinski definition) is 0. The van der Waals surface area contributed by atoms with Crippen LogP contribution in [0.3, 0.4) is 0 Å². The number of aromatic nitrogens is 2. The molecule has 0 N–H and O–H groups in total. The first kappa shape index (κ1) is 22.2. The van der Waals surface area contributed by atoms with Crippen molar-refractivity contribution in [3.63, 3.8) is 0 Å². The van der Waals surface area contributed by atoms with Gasteiger partial charge in [0.15, 0.2) is 0 Å². The molecule has 0 radical (unpaired) electrons. The lowest BCUT2D eigenvalue weighted by molar-refractivity contribution is -0.131. The van der Waals surface area contributed by atoms with Crippen molar-refractivity contribution in [2.24, 2.45) is 0 Å². The van der Waals surface area contributed by atoms with E-state index in [4.69, 9.17) is 21.1 Å². The summed E-state index contributed by atoms with van der Waals surface area (Å²) in [7, 11) is 1.66. The Morgan fingerprint density at radius 2 is 1.88 bits per heavy atom. The average molecular weight is 467 g/mol. The molecule has 32 heavy (non-hydrogen) atoms. The fourth-order valence-corrected chi connectivity index (χ4v) is 4.54. The van der Waals surface area contributed by atoms with E-state index in [1.807, 2.05) is 65.3 Å². The van der Waals surface area contributed by atoms with Crippen molar-refractivity contribution in [1.82, 2.24) is 9.78 Å². The minimum Gasteiger partial charge on any atom is -0.497 e. The van der Waals surface area contributed by atoms with Gasteiger partial charge in [-0.05, 0) is 41.3 Å². The van der Waals surface area contributed by atoms with Gasteiger partial charge in [0, 0.05) is 28.7 Å². The van der Waals surface area contributed by atoms with Crippen LogP contribution < -0.4 is 9.47 Å². The van der Waals surface area contributed by atoms with Gasteiger partial charge in [-0.15, -0.1) is 23.4 Å². The summed E-state index contributed by atoms with van der Waals surface area (Å²) in [6.45, 7) is 2.06. The number of thioether (sulfide) groups is 1. The van der Waals surface area contributed by atoms with Crippen LogP contribution >= 0.6 is 23.4 Å². The van der Waals surface area contributed by atoms with E-state index in [1.54, 1.807) is 18.9 Å². The third-order valence-corrected chi connectivity index (χ3v) is 6.26. The van der Waals surface area contributed by atoms with Crippen LogP contribution in [0.25, 0.3) is 10.8 Å². The fraction of sp³-hybridized carbons (Fsp3) is 0.200. The largest absolute Gasteiger partial charge is 0.497 e. The van der Waals surface area contributed by atoms with Gasteiger partial charge in [-0.3, -0.25) is 9.48 Å². The molecule has 4 rings (SSSR count). The number of rotatable bonds is 8. The first-order chi connectivity index (χ1) is 15.6. The van der Waals surface area contributed by atoms with Gasteiger partial charge >= 0.3 is 5.97 Å². The minimum absolute atomic E-state index is 0.332. The Labute approximate surface area is 196 Å². The zero-order valence-electron chi connectivity index (χ0n) is 17.9. The molecule has 0 saturated heterocycles. The molecule has 3 aromatic carbocycles. The number of benzene rings is 3. The number of hydrogen-bond acceptors (Lipinski definition) is 5. The number of carbonyl (C=O) groups excluding carboxylic acids is 1. The summed E-state index contributed by atoms with van der Waals surface area (Å²) >= 11 is 7.73. The standard InChI is InChI=1S/C25H23ClN2O3S/c1-17(29)31-25-13-23(11-19-5-3-4-6-24(19)25)32-16-21-12-20(14-26)27-28(21)15-18-7-9-22(30-2)10-8-18/h3-13H,14-16H2,1-2H3. The Bertz CT molecular complexity index is 1240. The van der Waals surface area contributed by atoms with Gasteiger partial charge in [0.05, 0.1) is 25.2 Å². The fourth-order valence-electron chi connectivity index (χ4n) is 3.47. The van der Waals surface area contributed by atoms with Crippen molar-refractivity contribution in [2.45, 2.75) is 30.0 Å². The number of alkyl halides is 1. The van der Waals surface area contributed by atoms with Crippen molar-refractivity contribution in [1.29, 1.82) is 0 Å². The molecule has 0 saturated carbocycles. The SMILES string of the molecule is COc1ccc(Cn2nc(CCl)cc2CSc2cc(OC(C)=O)c3ccccc3c2)cc1. The molecule has 0 aliphatic carbocycles. The van der Waals surface area contributed by atoms with E-state index >= 15 is 0 Å². The van der Waals surface area contributed by atoms with E-state index in [2.05, 4.69) is 11.2 Å². The topological polar surface area (TPSA) is 53.4 Å². The first-order valence-electron chi connectivity index (χ1n) is 10.1. The second-order valence-corrected chi connectivity index (χ2v) is 8.61. The molecule has 0 aliphatic heterocycles. The van der Waals surface area contributed by atoms with E-state index in [0.29, 0.717) is 23.9 Å². The van der Waals surface area contributed by atoms with Crippen molar-refractivity contribution >= 4 is 40.1 Å². The molecule has 1 heterocycles. The maximum Gasteiger partial charge on any atom is 0.308 e. The third kappa shape index (κ3) is 5.26. The Morgan fingerprint density at radius 1 is 1.09 bits per heavy atom. The summed E-state index contributed by atoms with van der Waals surface area (Å²) in [4.78, 5) is 12.6. The molecule has 7 heteroatoms. The van der Waals surface area contributed by atoms with Crippen molar-refractivity contribution in [3.05, 3.63) is 83.7 Å². The summed E-state index contributed by atoms with van der Waals surface area (Å²) in [5.74, 6) is 2.14. The highest BCUT2D eigenvalue weighted by Gasteiger charge is 2.12. The van der Waals surface area contributed by atoms with Crippen LogP contribution in [-0.2, 0) is 23.0 Å². The van der Waals surface area contributed by atoms with E-state index in [1.165, 1.54) is 6.92 Å². The molecule has 164 valence electrons. The van der Waals surface area contributed by atoms with Crippen LogP contribution in [0, 0.1) is 0 Å². The first-order valence-corrected chi connectivity index (χ1v) is 11.7. The maximum absolute atomic E-state index is 11.6. The van der Waals surface area contributed by atoms with Crippen LogP contribution in [0.1, 0.15) is 23.9 Å².